The van der Waals surface area contributed by atoms with Crippen LogP contribution in [0.15, 0.2) is 0 Å². The summed E-state index contributed by atoms with van der Waals surface area (Å²) in [6, 6.07) is 0.744. The Labute approximate surface area is 75.7 Å². The van der Waals surface area contributed by atoms with Crippen LogP contribution in [0.3, 0.4) is 0 Å². The van der Waals surface area contributed by atoms with Gasteiger partial charge in [-0.1, -0.05) is 19.8 Å². The van der Waals surface area contributed by atoms with E-state index >= 15 is 0 Å². The average Bonchev–Trinajstić information content (AvgIpc) is 2.09. The van der Waals surface area contributed by atoms with Gasteiger partial charge < -0.3 is 10.1 Å². The lowest BCUT2D eigenvalue weighted by atomic mass is 9.86. The third kappa shape index (κ3) is 3.11. The minimum Gasteiger partial charge on any atom is -0.383 e. The van der Waals surface area contributed by atoms with Crippen LogP contribution in [-0.2, 0) is 4.74 Å². The van der Waals surface area contributed by atoms with Crippen molar-refractivity contribution in [1.29, 1.82) is 0 Å². The summed E-state index contributed by atoms with van der Waals surface area (Å²) in [6.45, 7) is 4.19. The van der Waals surface area contributed by atoms with Gasteiger partial charge in [-0.25, -0.2) is 0 Å². The van der Waals surface area contributed by atoms with E-state index in [-0.39, 0.29) is 0 Å². The van der Waals surface area contributed by atoms with E-state index in [0.29, 0.717) is 0 Å². The predicted molar refractivity (Wildman–Crippen MR) is 51.3 cm³/mol. The third-order valence-corrected chi connectivity index (χ3v) is 2.82. The Balaban J connectivity index is 2.11. The van der Waals surface area contributed by atoms with Crippen LogP contribution in [0.4, 0.5) is 0 Å². The molecular formula is C10H21NO. The number of methoxy groups -OCH3 is 1. The quantitative estimate of drug-likeness (QED) is 0.651. The summed E-state index contributed by atoms with van der Waals surface area (Å²) in [4.78, 5) is 0. The van der Waals surface area contributed by atoms with Crippen LogP contribution in [-0.4, -0.2) is 26.3 Å². The third-order valence-electron chi connectivity index (χ3n) is 2.82. The van der Waals surface area contributed by atoms with E-state index < -0.39 is 0 Å². The van der Waals surface area contributed by atoms with Gasteiger partial charge in [0.2, 0.25) is 0 Å². The van der Waals surface area contributed by atoms with Crippen molar-refractivity contribution in [2.24, 2.45) is 5.92 Å². The van der Waals surface area contributed by atoms with Crippen molar-refractivity contribution in [3.8, 4) is 0 Å². The first-order chi connectivity index (χ1) is 5.84. The van der Waals surface area contributed by atoms with E-state index in [1.807, 2.05) is 0 Å². The molecule has 72 valence electrons. The molecule has 1 fully saturated rings. The van der Waals surface area contributed by atoms with Gasteiger partial charge in [-0.3, -0.25) is 0 Å². The smallest absolute Gasteiger partial charge is 0.0587 e. The molecular weight excluding hydrogens is 150 g/mol. The fourth-order valence-electron chi connectivity index (χ4n) is 1.97. The number of hydrogen-bond acceptors (Lipinski definition) is 2. The Bertz CT molecular complexity index is 116. The normalized spacial score (nSPS) is 30.5. The lowest BCUT2D eigenvalue weighted by Crippen LogP contribution is -2.38. The highest BCUT2D eigenvalue weighted by molar-refractivity contribution is 4.77. The summed E-state index contributed by atoms with van der Waals surface area (Å²) >= 11 is 0. The summed E-state index contributed by atoms with van der Waals surface area (Å²) in [5.74, 6) is 0.857. The van der Waals surface area contributed by atoms with Gasteiger partial charge in [-0.2, -0.15) is 0 Å². The first kappa shape index (κ1) is 10.0. The fraction of sp³-hybridized carbons (Fsp3) is 1.00. The Morgan fingerprint density at radius 3 is 2.75 bits per heavy atom. The molecule has 0 heterocycles. The van der Waals surface area contributed by atoms with E-state index in [9.17, 15) is 0 Å². The molecule has 1 rings (SSSR count). The van der Waals surface area contributed by atoms with Crippen molar-refractivity contribution in [1.82, 2.24) is 5.32 Å². The molecule has 2 nitrogen and oxygen atoms in total. The minimum atomic E-state index is 0.744. The molecule has 2 atom stereocenters. The van der Waals surface area contributed by atoms with Crippen LogP contribution in [0.5, 0.6) is 0 Å². The molecule has 2 heteroatoms. The molecule has 12 heavy (non-hydrogen) atoms. The molecule has 0 aromatic rings. The van der Waals surface area contributed by atoms with Crippen molar-refractivity contribution >= 4 is 0 Å². The molecule has 0 radical (unpaired) electrons. The number of ether oxygens (including phenoxy) is 1. The van der Waals surface area contributed by atoms with Crippen molar-refractivity contribution in [2.75, 3.05) is 20.3 Å². The molecule has 0 spiro atoms. The Kier molecular flexibility index (Phi) is 4.62. The summed E-state index contributed by atoms with van der Waals surface area (Å²) in [7, 11) is 1.76. The van der Waals surface area contributed by atoms with Crippen LogP contribution >= 0.6 is 0 Å². The zero-order valence-corrected chi connectivity index (χ0v) is 8.31. The molecule has 0 saturated heterocycles. The molecule has 0 bridgehead atoms. The molecule has 0 aliphatic heterocycles. The van der Waals surface area contributed by atoms with E-state index in [2.05, 4.69) is 12.2 Å². The number of nitrogens with one attached hydrogen (secondary N) is 1. The van der Waals surface area contributed by atoms with Gasteiger partial charge in [0.15, 0.2) is 0 Å². The molecule has 0 aromatic carbocycles. The highest BCUT2D eigenvalue weighted by Gasteiger charge is 2.19. The number of hydrogen-bond donors (Lipinski definition) is 1. The first-order valence-electron chi connectivity index (χ1n) is 5.07. The molecule has 1 saturated carbocycles. The maximum absolute atomic E-state index is 5.01. The van der Waals surface area contributed by atoms with Gasteiger partial charge in [0.1, 0.15) is 0 Å². The SMILES string of the molecule is COCCN[C@H]1CCCC[C@@H]1C. The lowest BCUT2D eigenvalue weighted by Gasteiger charge is -2.29. The van der Waals surface area contributed by atoms with Gasteiger partial charge in [0, 0.05) is 19.7 Å². The van der Waals surface area contributed by atoms with Gasteiger partial charge in [0.25, 0.3) is 0 Å². The van der Waals surface area contributed by atoms with Crippen molar-refractivity contribution in [2.45, 2.75) is 38.6 Å². The van der Waals surface area contributed by atoms with Crippen LogP contribution < -0.4 is 5.32 Å². The first-order valence-corrected chi connectivity index (χ1v) is 5.07. The zero-order valence-electron chi connectivity index (χ0n) is 8.31. The summed E-state index contributed by atoms with van der Waals surface area (Å²) in [6.07, 6.45) is 5.56. The Morgan fingerprint density at radius 2 is 2.08 bits per heavy atom. The van der Waals surface area contributed by atoms with E-state index in [1.54, 1.807) is 7.11 Å². The number of rotatable bonds is 4. The fourth-order valence-corrected chi connectivity index (χ4v) is 1.97. The second-order valence-electron chi connectivity index (χ2n) is 3.82. The average molecular weight is 171 g/mol. The van der Waals surface area contributed by atoms with Crippen LogP contribution in [0.25, 0.3) is 0 Å². The molecule has 1 aliphatic rings. The summed E-state index contributed by atoms with van der Waals surface area (Å²) in [5, 5.41) is 3.55. The van der Waals surface area contributed by atoms with Crippen molar-refractivity contribution in [3.05, 3.63) is 0 Å². The maximum Gasteiger partial charge on any atom is 0.0587 e. The molecule has 1 aliphatic carbocycles. The van der Waals surface area contributed by atoms with Gasteiger partial charge in [-0.05, 0) is 18.8 Å². The van der Waals surface area contributed by atoms with Crippen LogP contribution in [0.1, 0.15) is 32.6 Å². The maximum atomic E-state index is 5.01. The monoisotopic (exact) mass is 171 g/mol. The lowest BCUT2D eigenvalue weighted by molar-refractivity contribution is 0.184. The second-order valence-corrected chi connectivity index (χ2v) is 3.82. The standard InChI is InChI=1S/C10H21NO/c1-9-5-3-4-6-10(9)11-7-8-12-2/h9-11H,3-8H2,1-2H3/t9-,10-/m0/s1. The highest BCUT2D eigenvalue weighted by Crippen LogP contribution is 2.23. The topological polar surface area (TPSA) is 21.3 Å². The Morgan fingerprint density at radius 1 is 1.33 bits per heavy atom. The van der Waals surface area contributed by atoms with E-state index in [0.717, 1.165) is 25.1 Å². The summed E-state index contributed by atoms with van der Waals surface area (Å²) in [5.41, 5.74) is 0. The van der Waals surface area contributed by atoms with Crippen LogP contribution in [0.2, 0.25) is 0 Å². The van der Waals surface area contributed by atoms with Gasteiger partial charge >= 0.3 is 0 Å². The highest BCUT2D eigenvalue weighted by atomic mass is 16.5. The van der Waals surface area contributed by atoms with E-state index in [1.165, 1.54) is 25.7 Å². The van der Waals surface area contributed by atoms with Gasteiger partial charge in [0.05, 0.1) is 6.61 Å². The molecule has 0 unspecified atom stereocenters. The Hall–Kier alpha value is -0.0800. The minimum absolute atomic E-state index is 0.744. The molecule has 1 N–H and O–H groups in total. The van der Waals surface area contributed by atoms with Gasteiger partial charge in [-0.15, -0.1) is 0 Å². The predicted octanol–water partition coefficient (Wildman–Crippen LogP) is 1.80. The van der Waals surface area contributed by atoms with Crippen LogP contribution in [0, 0.1) is 5.92 Å². The largest absolute Gasteiger partial charge is 0.383 e. The van der Waals surface area contributed by atoms with Crippen molar-refractivity contribution in [3.63, 3.8) is 0 Å². The van der Waals surface area contributed by atoms with Crippen molar-refractivity contribution < 1.29 is 4.74 Å². The summed E-state index contributed by atoms with van der Waals surface area (Å²) < 4.78 is 5.01. The zero-order chi connectivity index (χ0) is 8.81. The second kappa shape index (κ2) is 5.55. The molecule has 0 amide bonds. The molecule has 0 aromatic heterocycles. The van der Waals surface area contributed by atoms with E-state index in [4.69, 9.17) is 4.74 Å².